The van der Waals surface area contributed by atoms with Crippen molar-refractivity contribution in [2.45, 2.75) is 19.3 Å². The summed E-state index contributed by atoms with van der Waals surface area (Å²) in [7, 11) is 0. The van der Waals surface area contributed by atoms with Crippen molar-refractivity contribution in [3.05, 3.63) is 96.6 Å². The molecule has 0 radical (unpaired) electrons. The summed E-state index contributed by atoms with van der Waals surface area (Å²) in [5.41, 5.74) is 6.57. The summed E-state index contributed by atoms with van der Waals surface area (Å²) in [5.74, 6) is 0. The Morgan fingerprint density at radius 2 is 0.935 bits per heavy atom. The molecule has 0 N–H and O–H groups in total. The monoisotopic (exact) mass is 400 g/mol. The number of fused-ring (bicyclic) bond motifs is 6. The molecule has 0 fully saturated rings. The van der Waals surface area contributed by atoms with E-state index in [0.29, 0.717) is 0 Å². The molecule has 6 aromatic rings. The molecule has 0 aliphatic rings. The van der Waals surface area contributed by atoms with Crippen LogP contribution >= 0.6 is 0 Å². The van der Waals surface area contributed by atoms with Gasteiger partial charge in [-0.25, -0.2) is 0 Å². The van der Waals surface area contributed by atoms with Crippen molar-refractivity contribution in [2.75, 3.05) is 0 Å². The molecule has 4 nitrogen and oxygen atoms in total. The molecule has 4 heteroatoms. The summed E-state index contributed by atoms with van der Waals surface area (Å²) >= 11 is 0. The van der Waals surface area contributed by atoms with Crippen LogP contribution in [0, 0.1) is 0 Å². The minimum absolute atomic E-state index is 0.973. The van der Waals surface area contributed by atoms with Crippen molar-refractivity contribution in [1.29, 1.82) is 0 Å². The van der Waals surface area contributed by atoms with Crippen LogP contribution in [-0.4, -0.2) is 19.9 Å². The highest BCUT2D eigenvalue weighted by Crippen LogP contribution is 2.27. The first kappa shape index (κ1) is 17.9. The van der Waals surface area contributed by atoms with Crippen LogP contribution in [0.1, 0.15) is 17.5 Å². The predicted octanol–water partition coefficient (Wildman–Crippen LogP) is 6.05. The van der Waals surface area contributed by atoms with E-state index in [1.807, 2.05) is 36.9 Å². The Morgan fingerprint density at radius 3 is 1.45 bits per heavy atom. The maximum atomic E-state index is 4.63. The summed E-state index contributed by atoms with van der Waals surface area (Å²) in [4.78, 5) is 18.4. The van der Waals surface area contributed by atoms with Crippen LogP contribution < -0.4 is 0 Å². The van der Waals surface area contributed by atoms with Crippen molar-refractivity contribution >= 4 is 43.6 Å². The lowest BCUT2D eigenvalue weighted by Gasteiger charge is -2.10. The van der Waals surface area contributed by atoms with Crippen LogP contribution in [0.4, 0.5) is 0 Å². The van der Waals surface area contributed by atoms with Crippen LogP contribution in [0.5, 0.6) is 0 Å². The maximum Gasteiger partial charge on any atom is 0.0967 e. The second-order valence-corrected chi connectivity index (χ2v) is 7.87. The van der Waals surface area contributed by atoms with E-state index in [1.54, 1.807) is 0 Å². The number of pyridine rings is 4. The molecule has 0 bridgehead atoms. The molecule has 0 unspecified atom stereocenters. The summed E-state index contributed by atoms with van der Waals surface area (Å²) in [6.45, 7) is 0. The van der Waals surface area contributed by atoms with Crippen LogP contribution in [0.2, 0.25) is 0 Å². The van der Waals surface area contributed by atoms with Crippen molar-refractivity contribution in [2.24, 2.45) is 0 Å². The highest BCUT2D eigenvalue weighted by Gasteiger charge is 2.09. The highest BCUT2D eigenvalue weighted by atomic mass is 14.7. The molecule has 0 aliphatic carbocycles. The number of benzene rings is 2. The van der Waals surface area contributed by atoms with Crippen molar-refractivity contribution in [1.82, 2.24) is 19.9 Å². The topological polar surface area (TPSA) is 51.6 Å². The van der Waals surface area contributed by atoms with E-state index in [2.05, 4.69) is 68.5 Å². The molecule has 0 spiro atoms. The standard InChI is InChI=1S/C27H20N4/c1(4-18-12-16-30-26-22(18)10-8-20-6-2-14-28-24(20)26)5-19-13-17-31-27-23(19)11-9-21-7-3-15-29-25(21)27/h2-3,6-17H,1,4-5H2. The minimum Gasteiger partial charge on any atom is -0.254 e. The molecule has 4 aromatic heterocycles. The van der Waals surface area contributed by atoms with Gasteiger partial charge in [0.1, 0.15) is 0 Å². The van der Waals surface area contributed by atoms with Gasteiger partial charge in [0.15, 0.2) is 0 Å². The second-order valence-electron chi connectivity index (χ2n) is 7.87. The molecule has 4 heterocycles. The molecule has 0 saturated heterocycles. The second kappa shape index (κ2) is 7.40. The smallest absolute Gasteiger partial charge is 0.0967 e. The Labute approximate surface area is 179 Å². The van der Waals surface area contributed by atoms with Gasteiger partial charge in [-0.1, -0.05) is 36.4 Å². The first-order chi connectivity index (χ1) is 15.4. The van der Waals surface area contributed by atoms with Gasteiger partial charge in [-0.05, 0) is 54.7 Å². The van der Waals surface area contributed by atoms with Crippen LogP contribution in [-0.2, 0) is 12.8 Å². The van der Waals surface area contributed by atoms with Gasteiger partial charge >= 0.3 is 0 Å². The lowest BCUT2D eigenvalue weighted by molar-refractivity contribution is 0.828. The lowest BCUT2D eigenvalue weighted by Crippen LogP contribution is -1.95. The van der Waals surface area contributed by atoms with Crippen molar-refractivity contribution in [3.8, 4) is 0 Å². The molecule has 2 aromatic carbocycles. The third-order valence-corrected chi connectivity index (χ3v) is 6.04. The SMILES string of the molecule is c1cnc2c(c1)ccc1c(CCCc3ccnc4c3ccc3cccnc34)ccnc12. The molecule has 0 saturated carbocycles. The molecule has 0 aliphatic heterocycles. The number of rotatable bonds is 4. The number of aryl methyl sites for hydroxylation is 2. The molecule has 0 atom stereocenters. The quantitative estimate of drug-likeness (QED) is 0.338. The van der Waals surface area contributed by atoms with Gasteiger partial charge in [0, 0.05) is 46.3 Å². The van der Waals surface area contributed by atoms with Crippen LogP contribution in [0.3, 0.4) is 0 Å². The Kier molecular flexibility index (Phi) is 4.27. The first-order valence-electron chi connectivity index (χ1n) is 10.6. The fourth-order valence-electron chi connectivity index (χ4n) is 4.53. The molecular formula is C27H20N4. The van der Waals surface area contributed by atoms with E-state index in [9.17, 15) is 0 Å². The average Bonchev–Trinajstić information content (AvgIpc) is 2.84. The lowest BCUT2D eigenvalue weighted by atomic mass is 9.98. The highest BCUT2D eigenvalue weighted by molar-refractivity contribution is 6.04. The summed E-state index contributed by atoms with van der Waals surface area (Å²) in [6, 6.07) is 21.0. The van der Waals surface area contributed by atoms with E-state index in [0.717, 1.165) is 52.1 Å². The summed E-state index contributed by atoms with van der Waals surface area (Å²) in [5, 5.41) is 4.65. The van der Waals surface area contributed by atoms with E-state index in [4.69, 9.17) is 0 Å². The van der Waals surface area contributed by atoms with Gasteiger partial charge in [-0.3, -0.25) is 19.9 Å². The molecular weight excluding hydrogens is 380 g/mol. The Morgan fingerprint density at radius 1 is 0.452 bits per heavy atom. The molecule has 0 amide bonds. The van der Waals surface area contributed by atoms with E-state index < -0.39 is 0 Å². The number of hydrogen-bond acceptors (Lipinski definition) is 4. The van der Waals surface area contributed by atoms with Gasteiger partial charge in [0.25, 0.3) is 0 Å². The Hall–Kier alpha value is -3.92. The average molecular weight is 400 g/mol. The normalized spacial score (nSPS) is 11.6. The van der Waals surface area contributed by atoms with Crippen molar-refractivity contribution in [3.63, 3.8) is 0 Å². The summed E-state index contributed by atoms with van der Waals surface area (Å²) in [6.07, 6.45) is 10.5. The van der Waals surface area contributed by atoms with E-state index >= 15 is 0 Å². The van der Waals surface area contributed by atoms with Gasteiger partial charge in [0.2, 0.25) is 0 Å². The largest absolute Gasteiger partial charge is 0.254 e. The predicted molar refractivity (Wildman–Crippen MR) is 126 cm³/mol. The molecule has 31 heavy (non-hydrogen) atoms. The fraction of sp³-hybridized carbons (Fsp3) is 0.111. The Balaban J connectivity index is 1.32. The molecule has 6 rings (SSSR count). The third-order valence-electron chi connectivity index (χ3n) is 6.04. The van der Waals surface area contributed by atoms with Crippen LogP contribution in [0.15, 0.2) is 85.5 Å². The minimum atomic E-state index is 0.973. The summed E-state index contributed by atoms with van der Waals surface area (Å²) < 4.78 is 0. The first-order valence-corrected chi connectivity index (χ1v) is 10.6. The van der Waals surface area contributed by atoms with Gasteiger partial charge < -0.3 is 0 Å². The Bertz CT molecular complexity index is 1450. The maximum absolute atomic E-state index is 4.63. The van der Waals surface area contributed by atoms with E-state index in [-0.39, 0.29) is 0 Å². The zero-order valence-corrected chi connectivity index (χ0v) is 17.0. The van der Waals surface area contributed by atoms with Crippen LogP contribution in [0.25, 0.3) is 43.6 Å². The van der Waals surface area contributed by atoms with Crippen molar-refractivity contribution < 1.29 is 0 Å². The zero-order valence-electron chi connectivity index (χ0n) is 17.0. The van der Waals surface area contributed by atoms with Gasteiger partial charge in [-0.2, -0.15) is 0 Å². The fourth-order valence-corrected chi connectivity index (χ4v) is 4.53. The zero-order chi connectivity index (χ0) is 20.6. The van der Waals surface area contributed by atoms with Gasteiger partial charge in [0.05, 0.1) is 22.1 Å². The van der Waals surface area contributed by atoms with Gasteiger partial charge in [-0.15, -0.1) is 0 Å². The number of nitrogens with zero attached hydrogens (tertiary/aromatic N) is 4. The number of aromatic nitrogens is 4. The molecule has 148 valence electrons. The third kappa shape index (κ3) is 3.08. The number of hydrogen-bond donors (Lipinski definition) is 0. The van der Waals surface area contributed by atoms with E-state index in [1.165, 1.54) is 21.9 Å².